The molecule has 0 spiro atoms. The molecule has 1 aromatic rings. The fourth-order valence-electron chi connectivity index (χ4n) is 1.97. The second-order valence-electron chi connectivity index (χ2n) is 4.43. The molecule has 1 aliphatic rings. The van der Waals surface area contributed by atoms with Crippen LogP contribution in [0.1, 0.15) is 36.5 Å². The number of hydrogen-bond donors (Lipinski definition) is 2. The Morgan fingerprint density at radius 2 is 2.29 bits per heavy atom. The molecule has 0 aromatic carbocycles. The van der Waals surface area contributed by atoms with Crippen LogP contribution in [0.25, 0.3) is 0 Å². The first-order valence-corrected chi connectivity index (χ1v) is 5.95. The van der Waals surface area contributed by atoms with Gasteiger partial charge in [0, 0.05) is 12.6 Å². The normalized spacial score (nSPS) is 14.6. The molecule has 1 fully saturated rings. The zero-order valence-corrected chi connectivity index (χ0v) is 10.0. The van der Waals surface area contributed by atoms with Crippen molar-refractivity contribution in [1.29, 1.82) is 0 Å². The molecule has 1 aromatic heterocycles. The van der Waals surface area contributed by atoms with Crippen molar-refractivity contribution in [3.05, 3.63) is 17.8 Å². The number of hydrogen-bond acceptors (Lipinski definition) is 4. The van der Waals surface area contributed by atoms with Crippen molar-refractivity contribution in [2.24, 2.45) is 5.73 Å². The summed E-state index contributed by atoms with van der Waals surface area (Å²) in [6.07, 6.45) is 4.90. The molecule has 17 heavy (non-hydrogen) atoms. The average molecular weight is 234 g/mol. The lowest BCUT2D eigenvalue weighted by Crippen LogP contribution is -2.30. The number of carbonyl (C=O) groups excluding carboxylic acids is 1. The van der Waals surface area contributed by atoms with Crippen LogP contribution in [0.2, 0.25) is 0 Å². The van der Waals surface area contributed by atoms with Gasteiger partial charge >= 0.3 is 0 Å². The lowest BCUT2D eigenvalue weighted by Gasteiger charge is -2.24. The summed E-state index contributed by atoms with van der Waals surface area (Å²) in [7, 11) is 0. The first-order valence-electron chi connectivity index (χ1n) is 5.95. The minimum atomic E-state index is -0.471. The Balaban J connectivity index is 2.37. The lowest BCUT2D eigenvalue weighted by molar-refractivity contribution is 0.100. The van der Waals surface area contributed by atoms with Crippen molar-refractivity contribution in [2.75, 3.05) is 17.2 Å². The molecule has 1 heterocycles. The summed E-state index contributed by atoms with van der Waals surface area (Å²) in [6.45, 7) is 3.00. The molecule has 5 nitrogen and oxygen atoms in total. The van der Waals surface area contributed by atoms with Crippen LogP contribution in [0.4, 0.5) is 11.5 Å². The number of nitrogen functional groups attached to an aromatic ring is 1. The summed E-state index contributed by atoms with van der Waals surface area (Å²) < 4.78 is 0. The molecular weight excluding hydrogens is 216 g/mol. The highest BCUT2D eigenvalue weighted by molar-refractivity contribution is 5.98. The average Bonchev–Trinajstić information content (AvgIpc) is 3.10. The van der Waals surface area contributed by atoms with Gasteiger partial charge in [-0.3, -0.25) is 4.79 Å². The third kappa shape index (κ3) is 2.49. The number of anilines is 2. The van der Waals surface area contributed by atoms with Crippen LogP contribution < -0.4 is 16.4 Å². The van der Waals surface area contributed by atoms with Gasteiger partial charge in [0.15, 0.2) is 0 Å². The molecule has 0 bridgehead atoms. The van der Waals surface area contributed by atoms with Gasteiger partial charge in [0.2, 0.25) is 0 Å². The van der Waals surface area contributed by atoms with Crippen LogP contribution in [0.3, 0.4) is 0 Å². The highest BCUT2D eigenvalue weighted by Crippen LogP contribution is 2.32. The zero-order valence-electron chi connectivity index (χ0n) is 10.0. The Kier molecular flexibility index (Phi) is 3.17. The lowest BCUT2D eigenvalue weighted by atomic mass is 10.2. The number of carbonyl (C=O) groups is 1. The number of amides is 1. The third-order valence-corrected chi connectivity index (χ3v) is 2.88. The van der Waals surface area contributed by atoms with Crippen LogP contribution in [0, 0.1) is 0 Å². The number of nitrogens with zero attached hydrogens (tertiary/aromatic N) is 2. The predicted molar refractivity (Wildman–Crippen MR) is 67.8 cm³/mol. The van der Waals surface area contributed by atoms with Crippen LogP contribution in [0.5, 0.6) is 0 Å². The minimum Gasteiger partial charge on any atom is -0.397 e. The van der Waals surface area contributed by atoms with Gasteiger partial charge in [-0.1, -0.05) is 6.92 Å². The molecule has 1 aliphatic carbocycles. The zero-order chi connectivity index (χ0) is 12.4. The van der Waals surface area contributed by atoms with Gasteiger partial charge in [-0.25, -0.2) is 4.98 Å². The van der Waals surface area contributed by atoms with E-state index in [2.05, 4.69) is 16.8 Å². The maximum atomic E-state index is 11.4. The molecule has 0 aliphatic heterocycles. The maximum Gasteiger partial charge on any atom is 0.252 e. The second-order valence-corrected chi connectivity index (χ2v) is 4.43. The van der Waals surface area contributed by atoms with E-state index in [0.717, 1.165) is 25.8 Å². The van der Waals surface area contributed by atoms with Crippen LogP contribution in [-0.4, -0.2) is 23.5 Å². The molecule has 2 rings (SSSR count). The first kappa shape index (κ1) is 11.7. The van der Waals surface area contributed by atoms with Gasteiger partial charge < -0.3 is 16.4 Å². The fourth-order valence-corrected chi connectivity index (χ4v) is 1.97. The molecule has 0 saturated heterocycles. The molecule has 4 N–H and O–H groups in total. The van der Waals surface area contributed by atoms with E-state index < -0.39 is 5.91 Å². The van der Waals surface area contributed by atoms with Gasteiger partial charge in [-0.2, -0.15) is 0 Å². The Morgan fingerprint density at radius 1 is 1.59 bits per heavy atom. The maximum absolute atomic E-state index is 11.4. The Hall–Kier alpha value is -1.78. The van der Waals surface area contributed by atoms with Gasteiger partial charge in [-0.05, 0) is 25.3 Å². The topological polar surface area (TPSA) is 85.2 Å². The van der Waals surface area contributed by atoms with Crippen molar-refractivity contribution in [2.45, 2.75) is 32.2 Å². The van der Waals surface area contributed by atoms with Crippen molar-refractivity contribution >= 4 is 17.4 Å². The van der Waals surface area contributed by atoms with Crippen molar-refractivity contribution in [3.8, 4) is 0 Å². The monoisotopic (exact) mass is 234 g/mol. The SMILES string of the molecule is CCCN(c1ncc(N)cc1C(N)=O)C1CC1. The Labute approximate surface area is 101 Å². The van der Waals surface area contributed by atoms with Gasteiger partial charge in [-0.15, -0.1) is 0 Å². The molecular formula is C12H18N4O. The first-order chi connectivity index (χ1) is 8.13. The quantitative estimate of drug-likeness (QED) is 0.800. The van der Waals surface area contributed by atoms with Gasteiger partial charge in [0.05, 0.1) is 17.4 Å². The standard InChI is InChI=1S/C12H18N4O/c1-2-5-16(9-3-4-9)12-10(11(14)17)6-8(13)7-15-12/h6-7,9H,2-5,13H2,1H3,(H2,14,17). The van der Waals surface area contributed by atoms with Gasteiger partial charge in [0.25, 0.3) is 5.91 Å². The molecule has 1 amide bonds. The number of nitrogens with two attached hydrogens (primary N) is 2. The summed E-state index contributed by atoms with van der Waals surface area (Å²) in [5.74, 6) is 0.206. The van der Waals surface area contributed by atoms with E-state index in [-0.39, 0.29) is 0 Å². The van der Waals surface area contributed by atoms with Crippen LogP contribution >= 0.6 is 0 Å². The fraction of sp³-hybridized carbons (Fsp3) is 0.500. The number of pyridine rings is 1. The molecule has 0 atom stereocenters. The van der Waals surface area contributed by atoms with E-state index in [4.69, 9.17) is 11.5 Å². The van der Waals surface area contributed by atoms with E-state index in [0.29, 0.717) is 23.1 Å². The van der Waals surface area contributed by atoms with Crippen LogP contribution in [0.15, 0.2) is 12.3 Å². The largest absolute Gasteiger partial charge is 0.397 e. The van der Waals surface area contributed by atoms with Gasteiger partial charge in [0.1, 0.15) is 5.82 Å². The highest BCUT2D eigenvalue weighted by Gasteiger charge is 2.31. The molecule has 5 heteroatoms. The van der Waals surface area contributed by atoms with Crippen molar-refractivity contribution in [1.82, 2.24) is 4.98 Å². The molecule has 0 unspecified atom stereocenters. The third-order valence-electron chi connectivity index (χ3n) is 2.88. The summed E-state index contributed by atoms with van der Waals surface area (Å²) >= 11 is 0. The summed E-state index contributed by atoms with van der Waals surface area (Å²) in [5.41, 5.74) is 11.9. The summed E-state index contributed by atoms with van der Waals surface area (Å²) in [4.78, 5) is 17.9. The number of aromatic nitrogens is 1. The second kappa shape index (κ2) is 4.61. The van der Waals surface area contributed by atoms with E-state index in [9.17, 15) is 4.79 Å². The van der Waals surface area contributed by atoms with Crippen molar-refractivity contribution < 1.29 is 4.79 Å². The number of primary amides is 1. The smallest absolute Gasteiger partial charge is 0.252 e. The van der Waals surface area contributed by atoms with Crippen molar-refractivity contribution in [3.63, 3.8) is 0 Å². The summed E-state index contributed by atoms with van der Waals surface area (Å²) in [6, 6.07) is 2.11. The van der Waals surface area contributed by atoms with E-state index >= 15 is 0 Å². The molecule has 1 saturated carbocycles. The molecule has 0 radical (unpaired) electrons. The summed E-state index contributed by atoms with van der Waals surface area (Å²) in [5, 5.41) is 0. The Bertz CT molecular complexity index is 429. The van der Waals surface area contributed by atoms with E-state index in [1.165, 1.54) is 0 Å². The number of rotatable bonds is 5. The van der Waals surface area contributed by atoms with E-state index in [1.54, 1.807) is 12.3 Å². The molecule has 92 valence electrons. The Morgan fingerprint density at radius 3 is 2.82 bits per heavy atom. The highest BCUT2D eigenvalue weighted by atomic mass is 16.1. The minimum absolute atomic E-state index is 0.422. The predicted octanol–water partition coefficient (Wildman–Crippen LogP) is 1.14. The van der Waals surface area contributed by atoms with E-state index in [1.807, 2.05) is 0 Å². The van der Waals surface area contributed by atoms with Crippen LogP contribution in [-0.2, 0) is 0 Å².